The molecule has 1 aliphatic rings. The Morgan fingerprint density at radius 2 is 1.35 bits per heavy atom. The van der Waals surface area contributed by atoms with Gasteiger partial charge in [-0.05, 0) is 46.0 Å². The van der Waals surface area contributed by atoms with Crippen LogP contribution in [0.2, 0.25) is 0 Å². The number of rotatable bonds is 18. The average molecular weight is 493 g/mol. The molecule has 0 bridgehead atoms. The fourth-order valence-corrected chi connectivity index (χ4v) is 3.24. The SMILES string of the molecule is CCCCC(CC)(OOC(C)CC)C(=O)OOC(=O)C(CC)(OOC(C)CC)C1(CCC)OO1. The topological polar surface area (TPSA) is 115 Å². The number of unbranched alkanes of at least 4 members (excludes halogenated alkanes) is 1. The first-order valence-corrected chi connectivity index (χ1v) is 12.6. The van der Waals surface area contributed by atoms with Gasteiger partial charge in [0.1, 0.15) is 0 Å². The van der Waals surface area contributed by atoms with Gasteiger partial charge in [0.15, 0.2) is 0 Å². The Labute approximate surface area is 203 Å². The van der Waals surface area contributed by atoms with Crippen molar-refractivity contribution in [1.29, 1.82) is 0 Å². The Bertz CT molecular complexity index is 623. The molecule has 0 aliphatic carbocycles. The molecule has 0 saturated carbocycles. The maximum absolute atomic E-state index is 13.3. The highest BCUT2D eigenvalue weighted by atomic mass is 17.4. The van der Waals surface area contributed by atoms with Crippen LogP contribution in [0.4, 0.5) is 0 Å². The molecular weight excluding hydrogens is 448 g/mol. The lowest BCUT2D eigenvalue weighted by Gasteiger charge is -2.32. The van der Waals surface area contributed by atoms with Crippen molar-refractivity contribution in [2.45, 2.75) is 142 Å². The highest BCUT2D eigenvalue weighted by molar-refractivity contribution is 5.83. The molecule has 0 amide bonds. The molecule has 1 rings (SSSR count). The third-order valence-electron chi connectivity index (χ3n) is 6.25. The highest BCUT2D eigenvalue weighted by Gasteiger charge is 2.72. The largest absolute Gasteiger partial charge is 0.396 e. The second-order valence-corrected chi connectivity index (χ2v) is 8.84. The number of hydrogen-bond donors (Lipinski definition) is 0. The summed E-state index contributed by atoms with van der Waals surface area (Å²) in [5.74, 6) is -3.26. The summed E-state index contributed by atoms with van der Waals surface area (Å²) >= 11 is 0. The highest BCUT2D eigenvalue weighted by Crippen LogP contribution is 2.49. The van der Waals surface area contributed by atoms with E-state index in [2.05, 4.69) is 0 Å². The van der Waals surface area contributed by atoms with Crippen LogP contribution in [0.3, 0.4) is 0 Å². The first-order chi connectivity index (χ1) is 16.2. The van der Waals surface area contributed by atoms with E-state index < -0.39 is 28.9 Å². The average Bonchev–Trinajstić information content (AvgIpc) is 3.64. The Balaban J connectivity index is 3.06. The van der Waals surface area contributed by atoms with Crippen LogP contribution in [0.1, 0.15) is 113 Å². The molecular formula is C24H44O10. The van der Waals surface area contributed by atoms with Crippen LogP contribution in [0, 0.1) is 0 Å². The van der Waals surface area contributed by atoms with Crippen molar-refractivity contribution >= 4 is 11.9 Å². The number of carbonyl (C=O) groups excluding carboxylic acids is 2. The first kappa shape index (κ1) is 30.7. The number of hydrogen-bond acceptors (Lipinski definition) is 10. The van der Waals surface area contributed by atoms with E-state index in [0.717, 1.165) is 6.42 Å². The summed E-state index contributed by atoms with van der Waals surface area (Å²) in [6.45, 7) is 14.9. The van der Waals surface area contributed by atoms with E-state index in [1.807, 2.05) is 34.6 Å². The molecule has 34 heavy (non-hydrogen) atoms. The lowest BCUT2D eigenvalue weighted by Crippen LogP contribution is -2.55. The van der Waals surface area contributed by atoms with E-state index in [0.29, 0.717) is 38.5 Å². The molecule has 0 radical (unpaired) electrons. The molecule has 1 aliphatic heterocycles. The zero-order valence-electron chi connectivity index (χ0n) is 22.1. The third-order valence-corrected chi connectivity index (χ3v) is 6.25. The van der Waals surface area contributed by atoms with Crippen LogP contribution in [-0.2, 0) is 48.7 Å². The lowest BCUT2D eigenvalue weighted by atomic mass is 9.88. The standard InChI is InChI=1S/C24H44O10/c1-9-15-17-22(13-5,31-27-18(7)11-3)20(25)29-30-21(26)23(14-6,32-28-19(8)12-4)24(16-10-2)33-34-24/h18-19H,9-17H2,1-8H3. The van der Waals surface area contributed by atoms with Gasteiger partial charge in [-0.1, -0.05) is 60.8 Å². The van der Waals surface area contributed by atoms with Gasteiger partial charge in [0.25, 0.3) is 11.4 Å². The Kier molecular flexibility index (Phi) is 12.9. The molecule has 10 heteroatoms. The van der Waals surface area contributed by atoms with E-state index >= 15 is 0 Å². The summed E-state index contributed by atoms with van der Waals surface area (Å²) in [4.78, 5) is 68.9. The molecule has 0 spiro atoms. The molecule has 200 valence electrons. The van der Waals surface area contributed by atoms with Gasteiger partial charge < -0.3 is 0 Å². The first-order valence-electron chi connectivity index (χ1n) is 12.6. The van der Waals surface area contributed by atoms with Crippen LogP contribution in [0.25, 0.3) is 0 Å². The van der Waals surface area contributed by atoms with Crippen molar-refractivity contribution in [3.8, 4) is 0 Å². The van der Waals surface area contributed by atoms with Gasteiger partial charge in [0, 0.05) is 6.42 Å². The van der Waals surface area contributed by atoms with Gasteiger partial charge in [-0.2, -0.15) is 9.78 Å². The Morgan fingerprint density at radius 3 is 1.79 bits per heavy atom. The lowest BCUT2D eigenvalue weighted by molar-refractivity contribution is -0.403. The van der Waals surface area contributed by atoms with Gasteiger partial charge in [0.05, 0.1) is 12.2 Å². The minimum atomic E-state index is -1.79. The van der Waals surface area contributed by atoms with Crippen molar-refractivity contribution in [2.24, 2.45) is 0 Å². The fraction of sp³-hybridized carbons (Fsp3) is 0.917. The summed E-state index contributed by atoms with van der Waals surface area (Å²) in [7, 11) is 0. The van der Waals surface area contributed by atoms with Crippen LogP contribution in [-0.4, -0.2) is 41.1 Å². The Hall–Kier alpha value is -1.30. The smallest absolute Gasteiger partial charge is 0.244 e. The fourth-order valence-electron chi connectivity index (χ4n) is 3.24. The van der Waals surface area contributed by atoms with Gasteiger partial charge >= 0.3 is 11.9 Å². The normalized spacial score (nSPS) is 20.0. The van der Waals surface area contributed by atoms with Crippen molar-refractivity contribution in [3.63, 3.8) is 0 Å². The molecule has 1 saturated heterocycles. The second-order valence-electron chi connectivity index (χ2n) is 8.84. The molecule has 4 atom stereocenters. The summed E-state index contributed by atoms with van der Waals surface area (Å²) in [5, 5.41) is 0. The van der Waals surface area contributed by atoms with Crippen LogP contribution >= 0.6 is 0 Å². The summed E-state index contributed by atoms with van der Waals surface area (Å²) in [6, 6.07) is 0. The zero-order valence-corrected chi connectivity index (χ0v) is 22.1. The van der Waals surface area contributed by atoms with E-state index in [-0.39, 0.29) is 25.0 Å². The monoisotopic (exact) mass is 492 g/mol. The molecule has 1 fully saturated rings. The summed E-state index contributed by atoms with van der Waals surface area (Å²) < 4.78 is 0. The summed E-state index contributed by atoms with van der Waals surface area (Å²) in [5.41, 5.74) is -3.21. The van der Waals surface area contributed by atoms with Gasteiger partial charge in [-0.25, -0.2) is 38.9 Å². The minimum absolute atomic E-state index is 0.0855. The van der Waals surface area contributed by atoms with Crippen molar-refractivity contribution in [3.05, 3.63) is 0 Å². The van der Waals surface area contributed by atoms with Gasteiger partial charge in [-0.15, -0.1) is 0 Å². The van der Waals surface area contributed by atoms with E-state index in [4.69, 9.17) is 39.1 Å². The van der Waals surface area contributed by atoms with E-state index in [9.17, 15) is 9.59 Å². The maximum Gasteiger partial charge on any atom is 0.396 e. The minimum Gasteiger partial charge on any atom is -0.244 e. The Morgan fingerprint density at radius 1 is 0.794 bits per heavy atom. The molecule has 0 N–H and O–H groups in total. The predicted molar refractivity (Wildman–Crippen MR) is 121 cm³/mol. The van der Waals surface area contributed by atoms with Crippen molar-refractivity contribution < 1.29 is 48.7 Å². The van der Waals surface area contributed by atoms with Crippen LogP contribution < -0.4 is 0 Å². The molecule has 10 nitrogen and oxygen atoms in total. The van der Waals surface area contributed by atoms with E-state index in [1.165, 1.54) is 0 Å². The van der Waals surface area contributed by atoms with Gasteiger partial charge in [-0.3, -0.25) is 0 Å². The predicted octanol–water partition coefficient (Wildman–Crippen LogP) is 5.43. The zero-order chi connectivity index (χ0) is 25.8. The van der Waals surface area contributed by atoms with Crippen LogP contribution in [0.15, 0.2) is 0 Å². The van der Waals surface area contributed by atoms with Crippen LogP contribution in [0.5, 0.6) is 0 Å². The molecule has 0 aromatic rings. The molecule has 0 aromatic carbocycles. The quantitative estimate of drug-likeness (QED) is 0.139. The molecule has 4 unspecified atom stereocenters. The van der Waals surface area contributed by atoms with E-state index in [1.54, 1.807) is 20.8 Å². The van der Waals surface area contributed by atoms with Gasteiger partial charge in [0.2, 0.25) is 5.60 Å². The second kappa shape index (κ2) is 14.3. The molecule has 0 aromatic heterocycles. The number of carbonyl (C=O) groups is 2. The van der Waals surface area contributed by atoms with Crippen molar-refractivity contribution in [1.82, 2.24) is 0 Å². The van der Waals surface area contributed by atoms with Crippen molar-refractivity contribution in [2.75, 3.05) is 0 Å². The third kappa shape index (κ3) is 7.35. The maximum atomic E-state index is 13.3. The summed E-state index contributed by atoms with van der Waals surface area (Å²) in [6.07, 6.45) is 4.01. The molecule has 1 heterocycles.